The van der Waals surface area contributed by atoms with Gasteiger partial charge in [0, 0.05) is 10.9 Å². The van der Waals surface area contributed by atoms with E-state index in [4.69, 9.17) is 5.73 Å². The van der Waals surface area contributed by atoms with Gasteiger partial charge in [0.25, 0.3) is 0 Å². The van der Waals surface area contributed by atoms with Gasteiger partial charge < -0.3 is 5.73 Å². The smallest absolute Gasteiger partial charge is 0.0294 e. The molecule has 0 radical (unpaired) electrons. The van der Waals surface area contributed by atoms with Crippen molar-refractivity contribution in [2.75, 3.05) is 0 Å². The highest BCUT2D eigenvalue weighted by Crippen LogP contribution is 2.09. The summed E-state index contributed by atoms with van der Waals surface area (Å²) in [6, 6.07) is 0.287. The summed E-state index contributed by atoms with van der Waals surface area (Å²) < 4.78 is 0. The van der Waals surface area contributed by atoms with Gasteiger partial charge in [-0.1, -0.05) is 29.3 Å². The molecule has 0 heterocycles. The van der Waals surface area contributed by atoms with Crippen molar-refractivity contribution >= 4 is 15.9 Å². The highest BCUT2D eigenvalue weighted by Gasteiger charge is 2.05. The summed E-state index contributed by atoms with van der Waals surface area (Å²) in [5.74, 6) is 0. The highest BCUT2D eigenvalue weighted by atomic mass is 79.9. The summed E-state index contributed by atoms with van der Waals surface area (Å²) in [6.45, 7) is 4.19. The fraction of sp³-hybridized carbons (Fsp3) is 1.00. The number of halogens is 1. The summed E-state index contributed by atoms with van der Waals surface area (Å²) in [5, 5.41) is 0. The van der Waals surface area contributed by atoms with Gasteiger partial charge in [0.2, 0.25) is 0 Å². The molecule has 0 fully saturated rings. The fourth-order valence-electron chi connectivity index (χ4n) is 0.539. The lowest BCUT2D eigenvalue weighted by atomic mass is 10.2. The van der Waals surface area contributed by atoms with Crippen LogP contribution < -0.4 is 5.73 Å². The van der Waals surface area contributed by atoms with Crippen molar-refractivity contribution in [3.05, 3.63) is 0 Å². The predicted octanol–water partition coefficient (Wildman–Crippen LogP) is 1.90. The molecular weight excluding hydrogens is 166 g/mol. The van der Waals surface area contributed by atoms with Crippen molar-refractivity contribution in [1.29, 1.82) is 0 Å². The van der Waals surface area contributed by atoms with Crippen LogP contribution in [0.3, 0.4) is 0 Å². The first kappa shape index (κ1) is 8.44. The zero-order valence-electron chi connectivity index (χ0n) is 5.52. The van der Waals surface area contributed by atoms with Gasteiger partial charge in [0.05, 0.1) is 0 Å². The third-order valence-corrected chi connectivity index (χ3v) is 2.43. The van der Waals surface area contributed by atoms with E-state index in [1.54, 1.807) is 0 Å². The fourth-order valence-corrected chi connectivity index (χ4v) is 0.997. The normalized spacial score (nSPS) is 18.0. The predicted molar refractivity (Wildman–Crippen MR) is 41.3 cm³/mol. The van der Waals surface area contributed by atoms with Crippen molar-refractivity contribution in [1.82, 2.24) is 0 Å². The Morgan fingerprint density at radius 3 is 2.25 bits per heavy atom. The molecule has 0 spiro atoms. The van der Waals surface area contributed by atoms with Crippen LogP contribution in [0.25, 0.3) is 0 Å². The number of hydrogen-bond donors (Lipinski definition) is 1. The van der Waals surface area contributed by atoms with E-state index in [0.717, 1.165) is 0 Å². The Kier molecular flexibility index (Phi) is 4.57. The summed E-state index contributed by atoms with van der Waals surface area (Å²) in [4.78, 5) is 0.507. The highest BCUT2D eigenvalue weighted by molar-refractivity contribution is 9.09. The molecule has 0 amide bonds. The van der Waals surface area contributed by atoms with Crippen LogP contribution in [0.15, 0.2) is 0 Å². The lowest BCUT2D eigenvalue weighted by Gasteiger charge is -2.10. The standard InChI is InChI=1S/C6H14BrN/c1-3-4-6(7)5(2)8/h5-6H,3-4,8H2,1-2H3/t5?,6-/m1/s1. The first-order valence-corrected chi connectivity index (χ1v) is 3.99. The molecule has 0 bridgehead atoms. The van der Waals surface area contributed by atoms with Gasteiger partial charge in [-0.3, -0.25) is 0 Å². The van der Waals surface area contributed by atoms with Gasteiger partial charge in [0.15, 0.2) is 0 Å². The molecule has 2 atom stereocenters. The van der Waals surface area contributed by atoms with Gasteiger partial charge in [-0.15, -0.1) is 0 Å². The lowest BCUT2D eigenvalue weighted by Crippen LogP contribution is -2.26. The Morgan fingerprint density at radius 1 is 1.62 bits per heavy atom. The number of rotatable bonds is 3. The Morgan fingerprint density at radius 2 is 2.12 bits per heavy atom. The Hall–Kier alpha value is 0.440. The third kappa shape index (κ3) is 3.44. The molecule has 0 aliphatic carbocycles. The van der Waals surface area contributed by atoms with Crippen LogP contribution in [-0.2, 0) is 0 Å². The minimum Gasteiger partial charge on any atom is -0.327 e. The molecule has 0 aromatic carbocycles. The molecule has 2 heteroatoms. The van der Waals surface area contributed by atoms with Gasteiger partial charge >= 0.3 is 0 Å². The second-order valence-corrected chi connectivity index (χ2v) is 3.34. The van der Waals surface area contributed by atoms with Crippen LogP contribution in [-0.4, -0.2) is 10.9 Å². The molecule has 8 heavy (non-hydrogen) atoms. The number of alkyl halides is 1. The van der Waals surface area contributed by atoms with E-state index < -0.39 is 0 Å². The molecule has 1 nitrogen and oxygen atoms in total. The van der Waals surface area contributed by atoms with E-state index in [2.05, 4.69) is 22.9 Å². The van der Waals surface area contributed by atoms with Gasteiger partial charge in [-0.05, 0) is 13.3 Å². The van der Waals surface area contributed by atoms with Crippen LogP contribution in [0.1, 0.15) is 26.7 Å². The molecule has 0 saturated heterocycles. The molecule has 0 aromatic rings. The van der Waals surface area contributed by atoms with Crippen LogP contribution >= 0.6 is 15.9 Å². The molecule has 1 unspecified atom stereocenters. The SMILES string of the molecule is CCC[C@@H](Br)C(C)N. The van der Waals surface area contributed by atoms with Crippen LogP contribution in [0.4, 0.5) is 0 Å². The molecule has 0 rings (SSSR count). The first-order chi connectivity index (χ1) is 3.68. The van der Waals surface area contributed by atoms with Crippen molar-refractivity contribution in [2.45, 2.75) is 37.6 Å². The topological polar surface area (TPSA) is 26.0 Å². The number of hydrogen-bond acceptors (Lipinski definition) is 1. The summed E-state index contributed by atoms with van der Waals surface area (Å²) in [5.41, 5.74) is 5.58. The summed E-state index contributed by atoms with van der Waals surface area (Å²) in [6.07, 6.45) is 2.38. The maximum Gasteiger partial charge on any atom is 0.0294 e. The van der Waals surface area contributed by atoms with Crippen molar-refractivity contribution in [3.8, 4) is 0 Å². The summed E-state index contributed by atoms with van der Waals surface area (Å²) in [7, 11) is 0. The molecule has 50 valence electrons. The second kappa shape index (κ2) is 4.33. The monoisotopic (exact) mass is 179 g/mol. The molecular formula is C6H14BrN. The average Bonchev–Trinajstić information content (AvgIpc) is 1.67. The zero-order valence-corrected chi connectivity index (χ0v) is 7.11. The van der Waals surface area contributed by atoms with Crippen molar-refractivity contribution < 1.29 is 0 Å². The minimum atomic E-state index is 0.287. The maximum absolute atomic E-state index is 5.58. The molecule has 0 saturated carbocycles. The largest absolute Gasteiger partial charge is 0.327 e. The van der Waals surface area contributed by atoms with Gasteiger partial charge in [-0.25, -0.2) is 0 Å². The summed E-state index contributed by atoms with van der Waals surface area (Å²) >= 11 is 3.48. The van der Waals surface area contributed by atoms with Crippen LogP contribution in [0, 0.1) is 0 Å². The lowest BCUT2D eigenvalue weighted by molar-refractivity contribution is 0.642. The van der Waals surface area contributed by atoms with Crippen molar-refractivity contribution in [3.63, 3.8) is 0 Å². The van der Waals surface area contributed by atoms with E-state index in [-0.39, 0.29) is 6.04 Å². The van der Waals surface area contributed by atoms with Crippen LogP contribution in [0.5, 0.6) is 0 Å². The molecule has 0 aliphatic heterocycles. The zero-order chi connectivity index (χ0) is 6.57. The molecule has 2 N–H and O–H groups in total. The van der Waals surface area contributed by atoms with Gasteiger partial charge in [0.1, 0.15) is 0 Å². The Labute approximate surface area is 59.8 Å². The van der Waals surface area contributed by atoms with Crippen LogP contribution in [0.2, 0.25) is 0 Å². The quantitative estimate of drug-likeness (QED) is 0.659. The first-order valence-electron chi connectivity index (χ1n) is 3.08. The van der Waals surface area contributed by atoms with Gasteiger partial charge in [-0.2, -0.15) is 0 Å². The van der Waals surface area contributed by atoms with E-state index in [0.29, 0.717) is 4.83 Å². The Bertz CT molecular complexity index is 54.5. The van der Waals surface area contributed by atoms with Crippen molar-refractivity contribution in [2.24, 2.45) is 5.73 Å². The molecule has 0 aliphatic rings. The minimum absolute atomic E-state index is 0.287. The van der Waals surface area contributed by atoms with E-state index in [9.17, 15) is 0 Å². The second-order valence-electron chi connectivity index (χ2n) is 2.16. The van der Waals surface area contributed by atoms with E-state index in [1.807, 2.05) is 6.92 Å². The third-order valence-electron chi connectivity index (χ3n) is 1.13. The Balaban J connectivity index is 3.17. The van der Waals surface area contributed by atoms with E-state index >= 15 is 0 Å². The average molecular weight is 180 g/mol. The maximum atomic E-state index is 5.58. The number of nitrogens with two attached hydrogens (primary N) is 1. The van der Waals surface area contributed by atoms with E-state index in [1.165, 1.54) is 12.8 Å². The molecule has 0 aromatic heterocycles.